The van der Waals surface area contributed by atoms with Gasteiger partial charge in [-0.1, -0.05) is 53.8 Å². The fourth-order valence-electron chi connectivity index (χ4n) is 4.19. The Labute approximate surface area is 145 Å². The summed E-state index contributed by atoms with van der Waals surface area (Å²) in [4.78, 5) is 4.86. The third kappa shape index (κ3) is 2.07. The van der Waals surface area contributed by atoms with E-state index in [0.29, 0.717) is 5.82 Å². The van der Waals surface area contributed by atoms with Crippen LogP contribution in [0.2, 0.25) is 0 Å². The number of nitrogens with one attached hydrogen (secondary N) is 2. The average molecular weight is 330 g/mol. The van der Waals surface area contributed by atoms with Gasteiger partial charge in [0.25, 0.3) is 0 Å². The lowest BCUT2D eigenvalue weighted by Crippen LogP contribution is -2.54. The van der Waals surface area contributed by atoms with Crippen molar-refractivity contribution in [2.45, 2.75) is 24.4 Å². The highest BCUT2D eigenvalue weighted by molar-refractivity contribution is 5.89. The summed E-state index contributed by atoms with van der Waals surface area (Å²) in [6.07, 6.45) is 10.3. The average Bonchev–Trinajstić information content (AvgIpc) is 3.23. The smallest absolute Gasteiger partial charge is 0.203 e. The number of aromatic amines is 1. The molecule has 1 fully saturated rings. The van der Waals surface area contributed by atoms with Gasteiger partial charge in [-0.2, -0.15) is 5.21 Å². The first kappa shape index (κ1) is 14.5. The quantitative estimate of drug-likeness (QED) is 0.883. The molecule has 0 saturated carbocycles. The second kappa shape index (κ2) is 5.60. The van der Waals surface area contributed by atoms with Crippen LogP contribution in [0.15, 0.2) is 70.3 Å². The SMILES string of the molecule is C1=CCC2=C3C(CCNC3(c3ccccc3)c3nn[nH]n3)N=CC2=C1. The summed E-state index contributed by atoms with van der Waals surface area (Å²) < 4.78 is 0. The molecule has 6 heteroatoms. The van der Waals surface area contributed by atoms with Gasteiger partial charge in [0.05, 0.1) is 6.04 Å². The predicted molar refractivity (Wildman–Crippen MR) is 95.2 cm³/mol. The molecule has 1 aromatic heterocycles. The van der Waals surface area contributed by atoms with Gasteiger partial charge >= 0.3 is 0 Å². The van der Waals surface area contributed by atoms with Gasteiger partial charge in [0.15, 0.2) is 0 Å². The molecular weight excluding hydrogens is 312 g/mol. The van der Waals surface area contributed by atoms with Crippen molar-refractivity contribution < 1.29 is 0 Å². The van der Waals surface area contributed by atoms with E-state index in [1.807, 2.05) is 12.3 Å². The van der Waals surface area contributed by atoms with E-state index in [-0.39, 0.29) is 6.04 Å². The number of rotatable bonds is 2. The van der Waals surface area contributed by atoms with Gasteiger partial charge in [-0.05, 0) is 41.7 Å². The van der Waals surface area contributed by atoms with E-state index in [2.05, 4.69) is 68.4 Å². The number of piperidine rings is 1. The van der Waals surface area contributed by atoms with E-state index < -0.39 is 5.54 Å². The molecule has 6 nitrogen and oxygen atoms in total. The Morgan fingerprint density at radius 3 is 2.92 bits per heavy atom. The molecule has 2 atom stereocenters. The number of allylic oxidation sites excluding steroid dienone is 5. The number of H-pyrrole nitrogens is 1. The third-order valence-corrected chi connectivity index (χ3v) is 5.23. The van der Waals surface area contributed by atoms with Crippen LogP contribution in [0.25, 0.3) is 0 Å². The molecule has 0 amide bonds. The number of fused-ring (bicyclic) bond motifs is 2. The van der Waals surface area contributed by atoms with Crippen molar-refractivity contribution in [3.63, 3.8) is 0 Å². The number of aromatic nitrogens is 4. The molecule has 1 aromatic carbocycles. The molecule has 1 aliphatic carbocycles. The Kier molecular flexibility index (Phi) is 3.24. The van der Waals surface area contributed by atoms with Gasteiger partial charge in [-0.3, -0.25) is 10.3 Å². The van der Waals surface area contributed by atoms with Crippen LogP contribution in [-0.2, 0) is 5.54 Å². The van der Waals surface area contributed by atoms with Crippen LogP contribution in [0, 0.1) is 0 Å². The molecule has 124 valence electrons. The zero-order chi connectivity index (χ0) is 16.7. The van der Waals surface area contributed by atoms with Gasteiger partial charge < -0.3 is 0 Å². The van der Waals surface area contributed by atoms with Gasteiger partial charge in [0.1, 0.15) is 5.54 Å². The van der Waals surface area contributed by atoms with Crippen molar-refractivity contribution in [2.24, 2.45) is 4.99 Å². The zero-order valence-electron chi connectivity index (χ0n) is 13.7. The van der Waals surface area contributed by atoms with E-state index in [1.54, 1.807) is 0 Å². The van der Waals surface area contributed by atoms with Crippen molar-refractivity contribution in [2.75, 3.05) is 6.54 Å². The van der Waals surface area contributed by atoms with Crippen molar-refractivity contribution in [1.82, 2.24) is 25.9 Å². The van der Waals surface area contributed by atoms with Crippen molar-refractivity contribution in [3.05, 3.63) is 76.7 Å². The molecular formula is C19H18N6. The largest absolute Gasteiger partial charge is 0.297 e. The normalized spacial score (nSPS) is 27.7. The number of aliphatic imine (C=N–C) groups is 1. The lowest BCUT2D eigenvalue weighted by atomic mass is 9.70. The van der Waals surface area contributed by atoms with Crippen molar-refractivity contribution in [3.8, 4) is 0 Å². The Hall–Kier alpha value is -2.86. The molecule has 2 aromatic rings. The van der Waals surface area contributed by atoms with Crippen LogP contribution in [0.3, 0.4) is 0 Å². The van der Waals surface area contributed by atoms with E-state index in [9.17, 15) is 0 Å². The van der Waals surface area contributed by atoms with E-state index in [1.165, 1.54) is 16.7 Å². The van der Waals surface area contributed by atoms with Gasteiger partial charge in [0.2, 0.25) is 5.82 Å². The molecule has 2 unspecified atom stereocenters. The summed E-state index contributed by atoms with van der Waals surface area (Å²) in [6, 6.07) is 10.5. The monoisotopic (exact) mass is 330 g/mol. The zero-order valence-corrected chi connectivity index (χ0v) is 13.7. The molecule has 5 rings (SSSR count). The van der Waals surface area contributed by atoms with Crippen LogP contribution >= 0.6 is 0 Å². The Balaban J connectivity index is 1.82. The first-order valence-electron chi connectivity index (χ1n) is 8.58. The summed E-state index contributed by atoms with van der Waals surface area (Å²) in [6.45, 7) is 0.844. The number of hydrogen-bond donors (Lipinski definition) is 2. The fraction of sp³-hybridized carbons (Fsp3) is 0.263. The predicted octanol–water partition coefficient (Wildman–Crippen LogP) is 2.07. The van der Waals surface area contributed by atoms with Gasteiger partial charge in [-0.25, -0.2) is 0 Å². The Bertz CT molecular complexity index is 907. The van der Waals surface area contributed by atoms with Crippen molar-refractivity contribution in [1.29, 1.82) is 0 Å². The maximum absolute atomic E-state index is 4.86. The highest BCUT2D eigenvalue weighted by atomic mass is 15.5. The topological polar surface area (TPSA) is 78.9 Å². The lowest BCUT2D eigenvalue weighted by molar-refractivity contribution is 0.354. The first-order valence-corrected chi connectivity index (χ1v) is 8.58. The number of tetrazole rings is 1. The minimum atomic E-state index is -0.603. The van der Waals surface area contributed by atoms with Crippen LogP contribution < -0.4 is 5.32 Å². The lowest BCUT2D eigenvalue weighted by Gasteiger charge is -2.44. The second-order valence-electron chi connectivity index (χ2n) is 6.51. The fourth-order valence-corrected chi connectivity index (χ4v) is 4.19. The molecule has 25 heavy (non-hydrogen) atoms. The van der Waals surface area contributed by atoms with Gasteiger partial charge in [0, 0.05) is 6.21 Å². The highest BCUT2D eigenvalue weighted by Gasteiger charge is 2.49. The highest BCUT2D eigenvalue weighted by Crippen LogP contribution is 2.46. The molecule has 0 radical (unpaired) electrons. The summed E-state index contributed by atoms with van der Waals surface area (Å²) in [5.41, 5.74) is 4.28. The van der Waals surface area contributed by atoms with Crippen LogP contribution in [0.5, 0.6) is 0 Å². The standard InChI is InChI=1S/C19H18N6/c1-2-7-14(8-3-1)19(18-22-24-25-23-18)17-15-9-5-4-6-13(15)12-20-16(17)10-11-21-19/h1-8,12,16,21H,9-11H2,(H,22,23,24,25). The van der Waals surface area contributed by atoms with E-state index >= 15 is 0 Å². The van der Waals surface area contributed by atoms with E-state index in [4.69, 9.17) is 4.99 Å². The molecule has 3 heterocycles. The molecule has 0 spiro atoms. The van der Waals surface area contributed by atoms with Crippen LogP contribution in [0.4, 0.5) is 0 Å². The minimum absolute atomic E-state index is 0.138. The summed E-state index contributed by atoms with van der Waals surface area (Å²) >= 11 is 0. The maximum Gasteiger partial charge on any atom is 0.203 e. The molecule has 2 aliphatic heterocycles. The number of dihydropyridines is 1. The number of hydrogen-bond acceptors (Lipinski definition) is 5. The molecule has 2 N–H and O–H groups in total. The van der Waals surface area contributed by atoms with E-state index in [0.717, 1.165) is 24.9 Å². The first-order chi connectivity index (χ1) is 12.4. The minimum Gasteiger partial charge on any atom is -0.297 e. The Morgan fingerprint density at radius 1 is 1.16 bits per heavy atom. The maximum atomic E-state index is 4.86. The second-order valence-corrected chi connectivity index (χ2v) is 6.51. The van der Waals surface area contributed by atoms with Crippen LogP contribution in [-0.4, -0.2) is 39.4 Å². The Morgan fingerprint density at radius 2 is 2.08 bits per heavy atom. The molecule has 0 bridgehead atoms. The third-order valence-electron chi connectivity index (χ3n) is 5.23. The summed E-state index contributed by atoms with van der Waals surface area (Å²) in [7, 11) is 0. The summed E-state index contributed by atoms with van der Waals surface area (Å²) in [5, 5.41) is 19.0. The number of benzene rings is 1. The molecule has 3 aliphatic rings. The molecule has 1 saturated heterocycles. The summed E-state index contributed by atoms with van der Waals surface area (Å²) in [5.74, 6) is 0.650. The number of nitrogens with zero attached hydrogens (tertiary/aromatic N) is 4. The van der Waals surface area contributed by atoms with Gasteiger partial charge in [-0.15, -0.1) is 10.2 Å². The van der Waals surface area contributed by atoms with Crippen molar-refractivity contribution >= 4 is 6.21 Å². The van der Waals surface area contributed by atoms with Crippen LogP contribution in [0.1, 0.15) is 24.2 Å².